The van der Waals surface area contributed by atoms with Crippen LogP contribution in [0.1, 0.15) is 20.7 Å². The first-order valence-corrected chi connectivity index (χ1v) is 8.69. The summed E-state index contributed by atoms with van der Waals surface area (Å²) in [5.41, 5.74) is 2.83. The van der Waals surface area contributed by atoms with E-state index in [0.29, 0.717) is 29.2 Å². The van der Waals surface area contributed by atoms with E-state index >= 15 is 0 Å². The number of amides is 2. The molecule has 7 heteroatoms. The largest absolute Gasteiger partial charge is 0.350 e. The lowest BCUT2D eigenvalue weighted by molar-refractivity contribution is 0.0927. The van der Waals surface area contributed by atoms with Crippen molar-refractivity contribution in [1.29, 1.82) is 0 Å². The van der Waals surface area contributed by atoms with Gasteiger partial charge in [-0.1, -0.05) is 29.8 Å². The van der Waals surface area contributed by atoms with Crippen molar-refractivity contribution < 1.29 is 9.59 Å². The third kappa shape index (κ3) is 5.12. The number of nitrogens with zero attached hydrogens (tertiary/aromatic N) is 2. The highest BCUT2D eigenvalue weighted by atomic mass is 35.5. The molecule has 2 N–H and O–H groups in total. The van der Waals surface area contributed by atoms with Gasteiger partial charge in [-0.15, -0.1) is 0 Å². The van der Waals surface area contributed by atoms with Gasteiger partial charge in [-0.05, 0) is 35.9 Å². The summed E-state index contributed by atoms with van der Waals surface area (Å²) < 4.78 is 0. The Morgan fingerprint density at radius 2 is 1.44 bits per heavy atom. The van der Waals surface area contributed by atoms with Crippen molar-refractivity contribution in [1.82, 2.24) is 20.6 Å². The molecule has 3 aromatic rings. The van der Waals surface area contributed by atoms with Crippen LogP contribution in [0.5, 0.6) is 0 Å². The Hall–Kier alpha value is -3.25. The van der Waals surface area contributed by atoms with Crippen molar-refractivity contribution in [3.05, 3.63) is 83.4 Å². The third-order valence-corrected chi connectivity index (χ3v) is 4.06. The quantitative estimate of drug-likeness (QED) is 0.644. The monoisotopic (exact) mass is 380 g/mol. The van der Waals surface area contributed by atoms with Gasteiger partial charge in [-0.2, -0.15) is 0 Å². The third-order valence-electron chi connectivity index (χ3n) is 3.82. The lowest BCUT2D eigenvalue weighted by Crippen LogP contribution is -2.34. The second-order valence-electron chi connectivity index (χ2n) is 5.73. The summed E-state index contributed by atoms with van der Waals surface area (Å²) in [4.78, 5) is 32.1. The predicted octanol–water partition coefficient (Wildman–Crippen LogP) is 2.96. The number of carbonyl (C=O) groups excluding carboxylic acids is 2. The van der Waals surface area contributed by atoms with E-state index in [1.165, 1.54) is 6.33 Å². The van der Waals surface area contributed by atoms with Crippen LogP contribution in [0.15, 0.2) is 67.3 Å². The van der Waals surface area contributed by atoms with Gasteiger partial charge in [0, 0.05) is 47.2 Å². The summed E-state index contributed by atoms with van der Waals surface area (Å²) in [5.74, 6) is -0.441. The molecule has 1 heterocycles. The van der Waals surface area contributed by atoms with E-state index < -0.39 is 0 Å². The normalized spacial score (nSPS) is 10.3. The molecule has 0 fully saturated rings. The molecule has 27 heavy (non-hydrogen) atoms. The first kappa shape index (κ1) is 18.5. The summed E-state index contributed by atoms with van der Waals surface area (Å²) in [6.07, 6.45) is 4.89. The maximum atomic E-state index is 12.2. The Balaban J connectivity index is 1.47. The van der Waals surface area contributed by atoms with E-state index in [1.54, 1.807) is 48.8 Å². The van der Waals surface area contributed by atoms with Crippen LogP contribution in [0.25, 0.3) is 11.1 Å². The molecule has 0 aliphatic rings. The molecule has 136 valence electrons. The number of hydrogen-bond acceptors (Lipinski definition) is 4. The minimum Gasteiger partial charge on any atom is -0.350 e. The topological polar surface area (TPSA) is 84.0 Å². The molecule has 0 unspecified atom stereocenters. The van der Waals surface area contributed by atoms with E-state index in [0.717, 1.165) is 11.1 Å². The van der Waals surface area contributed by atoms with Gasteiger partial charge < -0.3 is 10.6 Å². The van der Waals surface area contributed by atoms with Gasteiger partial charge in [0.1, 0.15) is 6.33 Å². The molecule has 2 aromatic carbocycles. The van der Waals surface area contributed by atoms with Gasteiger partial charge in [0.25, 0.3) is 11.8 Å². The zero-order valence-corrected chi connectivity index (χ0v) is 15.1. The lowest BCUT2D eigenvalue weighted by atomic mass is 10.1. The van der Waals surface area contributed by atoms with Gasteiger partial charge in [0.2, 0.25) is 0 Å². The maximum Gasteiger partial charge on any atom is 0.251 e. The lowest BCUT2D eigenvalue weighted by Gasteiger charge is -2.08. The highest BCUT2D eigenvalue weighted by Gasteiger charge is 2.07. The molecule has 0 saturated carbocycles. The SMILES string of the molecule is O=C(NCCNC(=O)c1cccc(Cl)c1)c1ccc(-c2cncnc2)cc1. The van der Waals surface area contributed by atoms with Crippen molar-refractivity contribution in [2.24, 2.45) is 0 Å². The first-order valence-electron chi connectivity index (χ1n) is 8.31. The van der Waals surface area contributed by atoms with Gasteiger partial charge >= 0.3 is 0 Å². The number of benzene rings is 2. The van der Waals surface area contributed by atoms with Crippen LogP contribution in [0.3, 0.4) is 0 Å². The number of halogens is 1. The van der Waals surface area contributed by atoms with E-state index in [1.807, 2.05) is 12.1 Å². The number of aromatic nitrogens is 2. The molecular formula is C20H17ClN4O2. The molecule has 0 spiro atoms. The smallest absolute Gasteiger partial charge is 0.251 e. The summed E-state index contributed by atoms with van der Waals surface area (Å²) in [6, 6.07) is 13.8. The van der Waals surface area contributed by atoms with Crippen molar-refractivity contribution in [3.63, 3.8) is 0 Å². The van der Waals surface area contributed by atoms with E-state index in [-0.39, 0.29) is 11.8 Å². The van der Waals surface area contributed by atoms with E-state index in [4.69, 9.17) is 11.6 Å². The summed E-state index contributed by atoms with van der Waals surface area (Å²) >= 11 is 5.87. The van der Waals surface area contributed by atoms with Crippen LogP contribution in [0, 0.1) is 0 Å². The summed E-state index contributed by atoms with van der Waals surface area (Å²) in [6.45, 7) is 0.635. The number of hydrogen-bond donors (Lipinski definition) is 2. The molecule has 3 rings (SSSR count). The van der Waals surface area contributed by atoms with Gasteiger partial charge in [0.15, 0.2) is 0 Å². The first-order chi connectivity index (χ1) is 13.1. The number of rotatable bonds is 6. The number of carbonyl (C=O) groups is 2. The molecule has 1 aromatic heterocycles. The second kappa shape index (κ2) is 8.91. The molecular weight excluding hydrogens is 364 g/mol. The van der Waals surface area contributed by atoms with Crippen LogP contribution in [-0.2, 0) is 0 Å². The van der Waals surface area contributed by atoms with Crippen molar-refractivity contribution in [3.8, 4) is 11.1 Å². The molecule has 0 saturated heterocycles. The summed E-state index contributed by atoms with van der Waals surface area (Å²) in [7, 11) is 0. The van der Waals surface area contributed by atoms with E-state index in [2.05, 4.69) is 20.6 Å². The fraction of sp³-hybridized carbons (Fsp3) is 0.100. The van der Waals surface area contributed by atoms with Crippen molar-refractivity contribution >= 4 is 23.4 Å². The van der Waals surface area contributed by atoms with Crippen molar-refractivity contribution in [2.45, 2.75) is 0 Å². The van der Waals surface area contributed by atoms with E-state index in [9.17, 15) is 9.59 Å². The zero-order chi connectivity index (χ0) is 19.1. The molecule has 6 nitrogen and oxygen atoms in total. The fourth-order valence-corrected chi connectivity index (χ4v) is 2.64. The van der Waals surface area contributed by atoms with Crippen molar-refractivity contribution in [2.75, 3.05) is 13.1 Å². The molecule has 0 aliphatic carbocycles. The Morgan fingerprint density at radius 1 is 0.815 bits per heavy atom. The zero-order valence-electron chi connectivity index (χ0n) is 14.4. The average Bonchev–Trinajstić information content (AvgIpc) is 2.71. The summed E-state index contributed by atoms with van der Waals surface area (Å²) in [5, 5.41) is 6.01. The highest BCUT2D eigenvalue weighted by molar-refractivity contribution is 6.30. The van der Waals surface area contributed by atoms with Crippen LogP contribution in [0.4, 0.5) is 0 Å². The molecule has 0 aliphatic heterocycles. The standard InChI is InChI=1S/C20H17ClN4O2/c21-18-3-1-2-16(10-18)20(27)25-9-8-24-19(26)15-6-4-14(5-7-15)17-11-22-13-23-12-17/h1-7,10-13H,8-9H2,(H,24,26)(H,25,27). The fourth-order valence-electron chi connectivity index (χ4n) is 2.45. The van der Waals surface area contributed by atoms with Crippen LogP contribution >= 0.6 is 11.6 Å². The second-order valence-corrected chi connectivity index (χ2v) is 6.16. The van der Waals surface area contributed by atoms with Gasteiger partial charge in [0.05, 0.1) is 0 Å². The van der Waals surface area contributed by atoms with Crippen LogP contribution in [-0.4, -0.2) is 34.9 Å². The molecule has 0 atom stereocenters. The Kier molecular flexibility index (Phi) is 6.12. The Bertz CT molecular complexity index is 930. The molecule has 0 bridgehead atoms. The molecule has 0 radical (unpaired) electrons. The minimum atomic E-state index is -0.235. The predicted molar refractivity (Wildman–Crippen MR) is 104 cm³/mol. The van der Waals surface area contributed by atoms with Crippen LogP contribution in [0.2, 0.25) is 5.02 Å². The maximum absolute atomic E-state index is 12.2. The molecule has 2 amide bonds. The minimum absolute atomic E-state index is 0.206. The highest BCUT2D eigenvalue weighted by Crippen LogP contribution is 2.17. The number of nitrogens with one attached hydrogen (secondary N) is 2. The van der Waals surface area contributed by atoms with Gasteiger partial charge in [-0.3, -0.25) is 9.59 Å². The van der Waals surface area contributed by atoms with Crippen LogP contribution < -0.4 is 10.6 Å². The Labute approximate surface area is 161 Å². The average molecular weight is 381 g/mol. The Morgan fingerprint density at radius 3 is 2.07 bits per heavy atom. The van der Waals surface area contributed by atoms with Gasteiger partial charge in [-0.25, -0.2) is 9.97 Å².